The van der Waals surface area contributed by atoms with Gasteiger partial charge in [0.05, 0.1) is 10.7 Å². The lowest BCUT2D eigenvalue weighted by atomic mass is 9.80. The van der Waals surface area contributed by atoms with E-state index in [0.717, 1.165) is 0 Å². The van der Waals surface area contributed by atoms with Gasteiger partial charge in [-0.25, -0.2) is 8.78 Å². The molecule has 0 aromatic heterocycles. The van der Waals surface area contributed by atoms with Crippen LogP contribution < -0.4 is 10.7 Å². The van der Waals surface area contributed by atoms with E-state index in [4.69, 9.17) is 0 Å². The molecule has 0 N–H and O–H groups in total. The third-order valence-electron chi connectivity index (χ3n) is 3.60. The van der Waals surface area contributed by atoms with Crippen LogP contribution in [0.3, 0.4) is 0 Å². The summed E-state index contributed by atoms with van der Waals surface area (Å²) < 4.78 is 29.4. The average Bonchev–Trinajstić information content (AvgIpc) is 2.49. The third-order valence-corrected chi connectivity index (χ3v) is 3.60. The zero-order chi connectivity index (χ0) is 16.4. The van der Waals surface area contributed by atoms with Crippen LogP contribution in [0.15, 0.2) is 9.98 Å². The number of hydrogen-bond donors (Lipinski definition) is 0. The first kappa shape index (κ1) is 16.1. The van der Waals surface area contributed by atoms with Gasteiger partial charge < -0.3 is 0 Å². The van der Waals surface area contributed by atoms with Gasteiger partial charge in [0.15, 0.2) is 11.6 Å². The Kier molecular flexibility index (Phi) is 3.32. The van der Waals surface area contributed by atoms with Crippen molar-refractivity contribution >= 4 is 0 Å². The van der Waals surface area contributed by atoms with Crippen molar-refractivity contribution in [3.63, 3.8) is 0 Å². The molecule has 0 saturated carbocycles. The molecule has 0 unspecified atom stereocenters. The SMILES string of the molecule is CC1(C)N=c2c(C(C)(C)C)c(F)c(F)c(C(C)(C)C)c2=N1. The van der Waals surface area contributed by atoms with Crippen molar-refractivity contribution in [2.45, 2.75) is 71.9 Å². The Morgan fingerprint density at radius 1 is 0.714 bits per heavy atom. The fourth-order valence-corrected chi connectivity index (χ4v) is 2.82. The van der Waals surface area contributed by atoms with Crippen LogP contribution in [0.5, 0.6) is 0 Å². The maximum Gasteiger partial charge on any atom is 0.165 e. The van der Waals surface area contributed by atoms with E-state index in [1.54, 1.807) is 0 Å². The summed E-state index contributed by atoms with van der Waals surface area (Å²) in [5.41, 5.74) is -1.12. The van der Waals surface area contributed by atoms with Gasteiger partial charge in [-0.1, -0.05) is 41.5 Å². The van der Waals surface area contributed by atoms with E-state index < -0.39 is 28.1 Å². The normalized spacial score (nSPS) is 17.2. The fraction of sp³-hybridized carbons (Fsp3) is 0.647. The average molecular weight is 294 g/mol. The Morgan fingerprint density at radius 2 is 1.00 bits per heavy atom. The van der Waals surface area contributed by atoms with Gasteiger partial charge in [0.1, 0.15) is 5.66 Å². The Hall–Kier alpha value is -1.32. The van der Waals surface area contributed by atoms with Gasteiger partial charge in [0, 0.05) is 11.1 Å². The van der Waals surface area contributed by atoms with Gasteiger partial charge in [0.2, 0.25) is 0 Å². The highest BCUT2D eigenvalue weighted by molar-refractivity contribution is 5.35. The second kappa shape index (κ2) is 4.34. The van der Waals surface area contributed by atoms with Crippen LogP contribution in [0.4, 0.5) is 8.78 Å². The molecule has 116 valence electrons. The van der Waals surface area contributed by atoms with Gasteiger partial charge in [0.25, 0.3) is 0 Å². The van der Waals surface area contributed by atoms with Crippen molar-refractivity contribution in [1.82, 2.24) is 0 Å². The minimum Gasteiger partial charge on any atom is -0.253 e. The highest BCUT2D eigenvalue weighted by Crippen LogP contribution is 2.30. The van der Waals surface area contributed by atoms with Crippen LogP contribution in [-0.4, -0.2) is 5.66 Å². The second-order valence-corrected chi connectivity index (χ2v) is 8.29. The molecule has 1 heterocycles. The molecule has 0 aliphatic carbocycles. The molecule has 1 aliphatic rings. The topological polar surface area (TPSA) is 24.7 Å². The maximum atomic E-state index is 14.7. The Morgan fingerprint density at radius 3 is 1.24 bits per heavy atom. The molecule has 2 nitrogen and oxygen atoms in total. The van der Waals surface area contributed by atoms with E-state index in [9.17, 15) is 8.78 Å². The van der Waals surface area contributed by atoms with Crippen LogP contribution in [0, 0.1) is 11.6 Å². The molecule has 0 amide bonds. The summed E-state index contributed by atoms with van der Waals surface area (Å²) in [5, 5.41) is 1.02. The first-order valence-electron chi connectivity index (χ1n) is 7.27. The lowest BCUT2D eigenvalue weighted by Crippen LogP contribution is -2.41. The van der Waals surface area contributed by atoms with Crippen molar-refractivity contribution in [3.8, 4) is 0 Å². The van der Waals surface area contributed by atoms with Crippen LogP contribution >= 0.6 is 0 Å². The predicted molar refractivity (Wildman–Crippen MR) is 80.1 cm³/mol. The molecular weight excluding hydrogens is 270 g/mol. The standard InChI is InChI=1S/C17H24F2N2/c1-15(2,3)9-11(18)12(19)10(16(4,5)6)14-13(9)20-17(7,8)21-14/h1-8H3. The van der Waals surface area contributed by atoms with E-state index in [2.05, 4.69) is 9.98 Å². The minimum absolute atomic E-state index is 0.317. The smallest absolute Gasteiger partial charge is 0.165 e. The molecule has 0 fully saturated rings. The molecular formula is C17H24F2N2. The van der Waals surface area contributed by atoms with Crippen molar-refractivity contribution in [2.75, 3.05) is 0 Å². The maximum absolute atomic E-state index is 14.7. The highest BCUT2D eigenvalue weighted by Gasteiger charge is 2.35. The lowest BCUT2D eigenvalue weighted by molar-refractivity contribution is 0.431. The molecule has 1 aliphatic heterocycles. The Labute approximate surface area is 125 Å². The van der Waals surface area contributed by atoms with E-state index >= 15 is 0 Å². The van der Waals surface area contributed by atoms with E-state index in [1.165, 1.54) is 0 Å². The van der Waals surface area contributed by atoms with Gasteiger partial charge in [-0.05, 0) is 24.7 Å². The lowest BCUT2D eigenvalue weighted by Gasteiger charge is -2.25. The molecule has 1 aromatic carbocycles. The summed E-state index contributed by atoms with van der Waals surface area (Å²) >= 11 is 0. The largest absolute Gasteiger partial charge is 0.253 e. The minimum atomic E-state index is -0.789. The zero-order valence-corrected chi connectivity index (χ0v) is 14.2. The van der Waals surface area contributed by atoms with Crippen LogP contribution in [-0.2, 0) is 10.8 Å². The second-order valence-electron chi connectivity index (χ2n) is 8.29. The first-order valence-corrected chi connectivity index (χ1v) is 7.27. The van der Waals surface area contributed by atoms with Crippen molar-refractivity contribution in [3.05, 3.63) is 33.5 Å². The summed E-state index contributed by atoms with van der Waals surface area (Å²) in [6.45, 7) is 14.9. The third kappa shape index (κ3) is 2.60. The van der Waals surface area contributed by atoms with Crippen molar-refractivity contribution in [1.29, 1.82) is 0 Å². The highest BCUT2D eigenvalue weighted by atomic mass is 19.2. The van der Waals surface area contributed by atoms with Gasteiger partial charge >= 0.3 is 0 Å². The molecule has 0 bridgehead atoms. The molecule has 0 saturated heterocycles. The molecule has 4 heteroatoms. The van der Waals surface area contributed by atoms with Crippen LogP contribution in [0.2, 0.25) is 0 Å². The van der Waals surface area contributed by atoms with Gasteiger partial charge in [-0.3, -0.25) is 9.98 Å². The van der Waals surface area contributed by atoms with Crippen molar-refractivity contribution < 1.29 is 8.78 Å². The van der Waals surface area contributed by atoms with Gasteiger partial charge in [-0.2, -0.15) is 0 Å². The summed E-state index contributed by atoms with van der Waals surface area (Å²) in [4.78, 5) is 9.11. The van der Waals surface area contributed by atoms with Gasteiger partial charge in [-0.15, -0.1) is 0 Å². The number of rotatable bonds is 0. The zero-order valence-electron chi connectivity index (χ0n) is 14.2. The number of fused-ring (bicyclic) bond motifs is 1. The number of hydrogen-bond acceptors (Lipinski definition) is 2. The Balaban J connectivity index is 3.09. The van der Waals surface area contributed by atoms with Crippen LogP contribution in [0.25, 0.3) is 0 Å². The summed E-state index contributed by atoms with van der Waals surface area (Å²) in [6, 6.07) is 0. The van der Waals surface area contributed by atoms with E-state index in [0.29, 0.717) is 21.8 Å². The van der Waals surface area contributed by atoms with E-state index in [-0.39, 0.29) is 0 Å². The molecule has 0 spiro atoms. The quantitative estimate of drug-likeness (QED) is 0.699. The van der Waals surface area contributed by atoms with Crippen molar-refractivity contribution in [2.24, 2.45) is 9.98 Å². The monoisotopic (exact) mass is 294 g/mol. The molecule has 1 aromatic rings. The summed E-state index contributed by atoms with van der Waals surface area (Å²) in [6.07, 6.45) is 0. The first-order chi connectivity index (χ1) is 9.26. The molecule has 21 heavy (non-hydrogen) atoms. The molecule has 0 radical (unpaired) electrons. The number of benzene rings is 1. The molecule has 2 rings (SSSR count). The summed E-state index contributed by atoms with van der Waals surface area (Å²) in [7, 11) is 0. The molecule has 0 atom stereocenters. The Bertz CT molecular complexity index is 656. The number of nitrogens with zero attached hydrogens (tertiary/aromatic N) is 2. The van der Waals surface area contributed by atoms with Crippen LogP contribution in [0.1, 0.15) is 66.5 Å². The number of halogens is 2. The predicted octanol–water partition coefficient (Wildman–Crippen LogP) is 3.55. The fourth-order valence-electron chi connectivity index (χ4n) is 2.82. The summed E-state index contributed by atoms with van der Waals surface area (Å²) in [5.74, 6) is -1.58. The van der Waals surface area contributed by atoms with E-state index in [1.807, 2.05) is 55.4 Å².